The summed E-state index contributed by atoms with van der Waals surface area (Å²) in [6.07, 6.45) is 0.515. The van der Waals surface area contributed by atoms with Crippen LogP contribution in [0.5, 0.6) is 0 Å². The Morgan fingerprint density at radius 3 is 1.38 bits per heavy atom. The van der Waals surface area contributed by atoms with Gasteiger partial charge in [-0.2, -0.15) is 46.5 Å². The Balaban J connectivity index is 0.000000170. The molecular formula is C44H46F6N16O2. The summed E-state index contributed by atoms with van der Waals surface area (Å²) in [6.45, 7) is 7.92. The first kappa shape index (κ1) is 45.7. The van der Waals surface area contributed by atoms with E-state index >= 15 is 0 Å². The van der Waals surface area contributed by atoms with Crippen molar-refractivity contribution in [2.75, 3.05) is 45.2 Å². The highest BCUT2D eigenvalue weighted by molar-refractivity contribution is 6.03. The SMILES string of the molecule is Cc1nc(N[C@@H]2CCc3nn(Cc4ccc(C(F)(F)F)nc4)cc32)nc2c1NC(=O)[C@H](C)N2C.Cc1nc(N[C@H]2CCc3nn(Cc4ccc(C(F)(F)F)nc4)cc32)nc2c1NC(=O)[C@H](C)N2C. The van der Waals surface area contributed by atoms with Crippen molar-refractivity contribution in [1.82, 2.24) is 49.5 Å². The fourth-order valence-electron chi connectivity index (χ4n) is 8.54. The summed E-state index contributed by atoms with van der Waals surface area (Å²) < 4.78 is 79.8. The number of aryl methyl sites for hydroxylation is 4. The molecule has 0 unspecified atom stereocenters. The zero-order valence-corrected chi connectivity index (χ0v) is 37.6. The lowest BCUT2D eigenvalue weighted by Crippen LogP contribution is -2.44. The van der Waals surface area contributed by atoms with Crippen LogP contribution in [-0.2, 0) is 47.9 Å². The molecule has 18 nitrogen and oxygen atoms in total. The van der Waals surface area contributed by atoms with E-state index in [0.717, 1.165) is 60.3 Å². The third-order valence-corrected chi connectivity index (χ3v) is 12.6. The van der Waals surface area contributed by atoms with E-state index in [1.165, 1.54) is 24.5 Å². The van der Waals surface area contributed by atoms with Crippen LogP contribution in [0, 0.1) is 13.8 Å². The Kier molecular flexibility index (Phi) is 11.7. The second-order valence-corrected chi connectivity index (χ2v) is 17.2. The minimum Gasteiger partial charge on any atom is -0.347 e. The highest BCUT2D eigenvalue weighted by Crippen LogP contribution is 2.38. The van der Waals surface area contributed by atoms with Crippen LogP contribution < -0.4 is 31.1 Å². The number of anilines is 6. The van der Waals surface area contributed by atoms with Gasteiger partial charge in [-0.25, -0.2) is 9.97 Å². The van der Waals surface area contributed by atoms with E-state index in [1.807, 2.05) is 64.0 Å². The molecule has 4 aliphatic rings. The van der Waals surface area contributed by atoms with Crippen molar-refractivity contribution in [2.24, 2.45) is 0 Å². The summed E-state index contributed by atoms with van der Waals surface area (Å²) in [5.41, 5.74) is 5.89. The number of amides is 2. The van der Waals surface area contributed by atoms with Gasteiger partial charge >= 0.3 is 12.4 Å². The predicted octanol–water partition coefficient (Wildman–Crippen LogP) is 6.64. The minimum absolute atomic E-state index is 0.0483. The molecule has 68 heavy (non-hydrogen) atoms. The zero-order valence-electron chi connectivity index (χ0n) is 37.6. The van der Waals surface area contributed by atoms with Gasteiger partial charge in [0.2, 0.25) is 23.7 Å². The highest BCUT2D eigenvalue weighted by Gasteiger charge is 2.36. The zero-order chi connectivity index (χ0) is 48.4. The van der Waals surface area contributed by atoms with Crippen LogP contribution in [-0.4, -0.2) is 87.5 Å². The van der Waals surface area contributed by atoms with E-state index < -0.39 is 23.7 Å². The fraction of sp³-hybridized carbons (Fsp3) is 0.409. The molecule has 0 bridgehead atoms. The van der Waals surface area contributed by atoms with E-state index in [2.05, 4.69) is 61.4 Å². The van der Waals surface area contributed by atoms with E-state index in [4.69, 9.17) is 0 Å². The number of carbonyl (C=O) groups is 2. The van der Waals surface area contributed by atoms with Gasteiger partial charge in [-0.3, -0.25) is 28.9 Å². The molecule has 2 aliphatic carbocycles. The summed E-state index contributed by atoms with van der Waals surface area (Å²) in [5.74, 6) is 2.04. The van der Waals surface area contributed by atoms with E-state index in [9.17, 15) is 35.9 Å². The number of hydrogen-bond acceptors (Lipinski definition) is 14. The number of pyridine rings is 2. The minimum atomic E-state index is -4.46. The summed E-state index contributed by atoms with van der Waals surface area (Å²) in [7, 11) is 3.65. The highest BCUT2D eigenvalue weighted by atomic mass is 19.4. The lowest BCUT2D eigenvalue weighted by molar-refractivity contribution is -0.142. The molecule has 10 rings (SSSR count). The second-order valence-electron chi connectivity index (χ2n) is 17.2. The lowest BCUT2D eigenvalue weighted by Gasteiger charge is -2.32. The van der Waals surface area contributed by atoms with Gasteiger partial charge in [0.05, 0.1) is 47.9 Å². The van der Waals surface area contributed by atoms with Crippen LogP contribution in [0.2, 0.25) is 0 Å². The Hall–Kier alpha value is -7.40. The van der Waals surface area contributed by atoms with Crippen molar-refractivity contribution in [3.63, 3.8) is 0 Å². The Morgan fingerprint density at radius 2 is 1.03 bits per heavy atom. The molecule has 2 amide bonds. The van der Waals surface area contributed by atoms with Crippen LogP contribution >= 0.6 is 0 Å². The molecule has 0 aromatic carbocycles. The van der Waals surface area contributed by atoms with Crippen LogP contribution in [0.4, 0.5) is 61.2 Å². The van der Waals surface area contributed by atoms with Crippen molar-refractivity contribution >= 4 is 46.7 Å². The average Bonchev–Trinajstić information content (AvgIpc) is 4.06. The number of nitrogens with one attached hydrogen (secondary N) is 4. The summed E-state index contributed by atoms with van der Waals surface area (Å²) in [6, 6.07) is 4.01. The van der Waals surface area contributed by atoms with Gasteiger partial charge < -0.3 is 31.1 Å². The third-order valence-electron chi connectivity index (χ3n) is 12.6. The summed E-state index contributed by atoms with van der Waals surface area (Å²) in [5, 5.41) is 21.7. The van der Waals surface area contributed by atoms with E-state index in [0.29, 0.717) is 70.5 Å². The van der Waals surface area contributed by atoms with Gasteiger partial charge in [0.15, 0.2) is 11.6 Å². The van der Waals surface area contributed by atoms with Crippen molar-refractivity contribution in [3.8, 4) is 0 Å². The predicted molar refractivity (Wildman–Crippen MR) is 237 cm³/mol. The fourth-order valence-corrected chi connectivity index (χ4v) is 8.54. The first-order chi connectivity index (χ1) is 32.2. The molecule has 0 radical (unpaired) electrons. The Labute approximate surface area is 385 Å². The van der Waals surface area contributed by atoms with Crippen molar-refractivity contribution in [3.05, 3.63) is 105 Å². The Bertz CT molecular complexity index is 2700. The van der Waals surface area contributed by atoms with Crippen molar-refractivity contribution < 1.29 is 35.9 Å². The first-order valence-corrected chi connectivity index (χ1v) is 21.7. The number of aromatic nitrogens is 10. The monoisotopic (exact) mass is 944 g/mol. The average molecular weight is 945 g/mol. The lowest BCUT2D eigenvalue weighted by atomic mass is 10.1. The molecule has 4 atom stereocenters. The molecule has 356 valence electrons. The number of alkyl halides is 6. The summed E-state index contributed by atoms with van der Waals surface area (Å²) in [4.78, 5) is 53.3. The van der Waals surface area contributed by atoms with Crippen LogP contribution in [0.1, 0.15) is 95.2 Å². The van der Waals surface area contributed by atoms with Gasteiger partial charge in [-0.05, 0) is 76.6 Å². The van der Waals surface area contributed by atoms with Crippen molar-refractivity contribution in [1.29, 1.82) is 0 Å². The quantitative estimate of drug-likeness (QED) is 0.118. The molecule has 0 fully saturated rings. The molecule has 0 spiro atoms. The maximum absolute atomic E-state index is 12.7. The topological polar surface area (TPSA) is 202 Å². The van der Waals surface area contributed by atoms with E-state index in [-0.39, 0.29) is 36.0 Å². The van der Waals surface area contributed by atoms with Gasteiger partial charge in [0, 0.05) is 50.0 Å². The first-order valence-electron chi connectivity index (χ1n) is 21.7. The Morgan fingerprint density at radius 1 is 0.632 bits per heavy atom. The number of halogens is 6. The smallest absolute Gasteiger partial charge is 0.347 e. The van der Waals surface area contributed by atoms with Gasteiger partial charge in [-0.1, -0.05) is 12.1 Å². The molecule has 0 saturated heterocycles. The number of rotatable bonds is 8. The van der Waals surface area contributed by atoms with Crippen molar-refractivity contribution in [2.45, 2.75) is 103 Å². The molecule has 8 heterocycles. The van der Waals surface area contributed by atoms with Gasteiger partial charge in [-0.15, -0.1) is 0 Å². The van der Waals surface area contributed by atoms with Gasteiger partial charge in [0.25, 0.3) is 0 Å². The molecule has 0 saturated carbocycles. The molecule has 6 aromatic heterocycles. The summed E-state index contributed by atoms with van der Waals surface area (Å²) >= 11 is 0. The number of nitrogens with zero attached hydrogens (tertiary/aromatic N) is 12. The molecule has 4 N–H and O–H groups in total. The maximum atomic E-state index is 12.7. The molecule has 6 aromatic rings. The van der Waals surface area contributed by atoms with E-state index in [1.54, 1.807) is 9.36 Å². The largest absolute Gasteiger partial charge is 0.433 e. The van der Waals surface area contributed by atoms with Gasteiger partial charge in [0.1, 0.15) is 34.8 Å². The van der Waals surface area contributed by atoms with Crippen LogP contribution in [0.3, 0.4) is 0 Å². The number of likely N-dealkylation sites (N-methyl/N-ethyl adjacent to an activating group) is 2. The van der Waals surface area contributed by atoms with Crippen LogP contribution in [0.25, 0.3) is 0 Å². The number of carbonyl (C=O) groups excluding carboxylic acids is 2. The molecule has 2 aliphatic heterocycles. The number of hydrogen-bond donors (Lipinski definition) is 4. The maximum Gasteiger partial charge on any atom is 0.433 e. The molecule has 24 heteroatoms. The normalized spacial score (nSPS) is 19.6. The third kappa shape index (κ3) is 9.05. The van der Waals surface area contributed by atoms with Crippen LogP contribution in [0.15, 0.2) is 49.1 Å². The molecular weight excluding hydrogens is 899 g/mol. The standard InChI is InChI=1S/2C22H23F3N8O/c2*1-11-18-19(32(3)12(2)20(34)29-18)30-21(27-11)28-15-5-6-16-14(15)10-33(31-16)9-13-4-7-17(26-8-13)22(23,24)25/h2*4,7-8,10,12,15H,5-6,9H2,1-3H3,(H,29,34)(H,27,28,30)/t12-,15+;12-,15-/m00/s1. The second kappa shape index (κ2) is 17.4. The number of fused-ring (bicyclic) bond motifs is 4.